The van der Waals surface area contributed by atoms with E-state index in [4.69, 9.17) is 5.73 Å². The van der Waals surface area contributed by atoms with E-state index in [1.54, 1.807) is 39.5 Å². The Balaban J connectivity index is 3.31. The first-order chi connectivity index (χ1) is 20.4. The minimum atomic E-state index is -1.57. The monoisotopic (exact) mass is 624 g/mol. The van der Waals surface area contributed by atoms with E-state index in [2.05, 4.69) is 21.3 Å². The summed E-state index contributed by atoms with van der Waals surface area (Å²) in [5.74, 6) is -5.94. The van der Waals surface area contributed by atoms with Gasteiger partial charge in [0, 0.05) is 19.0 Å². The third-order valence-electron chi connectivity index (χ3n) is 7.60. The number of aliphatic carboxylic acids is 1. The number of nitrogens with two attached hydrogens (primary N) is 1. The Hall–Kier alpha value is -3.71. The Morgan fingerprint density at radius 3 is 1.66 bits per heavy atom. The van der Waals surface area contributed by atoms with Crippen LogP contribution in [0.2, 0.25) is 0 Å². The molecule has 0 spiro atoms. The quantitative estimate of drug-likeness (QED) is 0.133. The van der Waals surface area contributed by atoms with Gasteiger partial charge in [0.05, 0.1) is 12.8 Å². The van der Waals surface area contributed by atoms with E-state index in [-0.39, 0.29) is 24.2 Å². The Morgan fingerprint density at radius 2 is 1.23 bits per heavy atom. The lowest BCUT2D eigenvalue weighted by Crippen LogP contribution is -2.61. The number of carboxylic acids is 1. The zero-order valence-corrected chi connectivity index (χ0v) is 27.2. The van der Waals surface area contributed by atoms with Crippen LogP contribution >= 0.6 is 0 Å². The second-order valence-corrected chi connectivity index (χ2v) is 12.9. The van der Waals surface area contributed by atoms with Crippen molar-refractivity contribution in [2.24, 2.45) is 23.0 Å². The number of carboxylic acid groups (broad SMARTS) is 1. The van der Waals surface area contributed by atoms with Gasteiger partial charge in [0.15, 0.2) is 0 Å². The highest BCUT2D eigenvalue weighted by Gasteiger charge is 2.38. The first kappa shape index (κ1) is 38.3. The van der Waals surface area contributed by atoms with Gasteiger partial charge in [0.2, 0.25) is 35.4 Å². The number of hydrogen-bond acceptors (Lipinski definition) is 7. The maximum Gasteiger partial charge on any atom is 0.326 e. The summed E-state index contributed by atoms with van der Waals surface area (Å²) in [6.07, 6.45) is 1.74. The average molecular weight is 625 g/mol. The number of carbonyl (C=O) groups excluding carboxylic acids is 6. The first-order valence-electron chi connectivity index (χ1n) is 15.4. The Kier molecular flexibility index (Phi) is 15.3. The minimum absolute atomic E-state index is 0.0852. The van der Waals surface area contributed by atoms with Crippen molar-refractivity contribution in [3.8, 4) is 0 Å². The van der Waals surface area contributed by atoms with Gasteiger partial charge in [-0.3, -0.25) is 28.8 Å². The van der Waals surface area contributed by atoms with Gasteiger partial charge in [-0.2, -0.15) is 0 Å². The van der Waals surface area contributed by atoms with Crippen LogP contribution in [0.1, 0.15) is 93.4 Å². The molecule has 1 rings (SSSR count). The van der Waals surface area contributed by atoms with Crippen molar-refractivity contribution < 1.29 is 38.7 Å². The Morgan fingerprint density at radius 1 is 0.750 bits per heavy atom. The summed E-state index contributed by atoms with van der Waals surface area (Å²) in [5.41, 5.74) is 4.55. The van der Waals surface area contributed by atoms with Crippen LogP contribution in [0.4, 0.5) is 0 Å². The number of primary amides is 1. The van der Waals surface area contributed by atoms with Crippen molar-refractivity contribution in [1.29, 1.82) is 0 Å². The summed E-state index contributed by atoms with van der Waals surface area (Å²) < 4.78 is 0. The number of amides is 6. The summed E-state index contributed by atoms with van der Waals surface area (Å²) in [4.78, 5) is 91.3. The second-order valence-electron chi connectivity index (χ2n) is 12.9. The predicted molar refractivity (Wildman–Crippen MR) is 163 cm³/mol. The van der Waals surface area contributed by atoms with Gasteiger partial charge >= 0.3 is 5.97 Å². The fraction of sp³-hybridized carbons (Fsp3) is 0.767. The lowest BCUT2D eigenvalue weighted by molar-refractivity contribution is -0.143. The molecule has 44 heavy (non-hydrogen) atoms. The van der Waals surface area contributed by atoms with E-state index >= 15 is 0 Å². The molecule has 0 radical (unpaired) electrons. The van der Waals surface area contributed by atoms with E-state index < -0.39 is 77.9 Å². The van der Waals surface area contributed by atoms with Crippen LogP contribution in [0.3, 0.4) is 0 Å². The van der Waals surface area contributed by atoms with Gasteiger partial charge in [0.25, 0.3) is 0 Å². The molecule has 14 heteroatoms. The highest BCUT2D eigenvalue weighted by molar-refractivity contribution is 5.98. The molecular formula is C30H52N6O8. The van der Waals surface area contributed by atoms with Gasteiger partial charge in [-0.15, -0.1) is 0 Å². The van der Waals surface area contributed by atoms with Crippen molar-refractivity contribution in [3.05, 3.63) is 0 Å². The van der Waals surface area contributed by atoms with Crippen LogP contribution in [0.25, 0.3) is 0 Å². The zero-order valence-electron chi connectivity index (χ0n) is 27.2. The van der Waals surface area contributed by atoms with Crippen molar-refractivity contribution in [1.82, 2.24) is 26.2 Å². The summed E-state index contributed by atoms with van der Waals surface area (Å²) >= 11 is 0. The molecule has 4 atom stereocenters. The van der Waals surface area contributed by atoms with E-state index in [0.29, 0.717) is 25.9 Å². The lowest BCUT2D eigenvalue weighted by Gasteiger charge is -2.33. The molecule has 1 aliphatic heterocycles. The molecule has 0 aromatic carbocycles. The predicted octanol–water partition coefficient (Wildman–Crippen LogP) is 0.427. The molecule has 7 N–H and O–H groups in total. The Bertz CT molecular complexity index is 1050. The van der Waals surface area contributed by atoms with Gasteiger partial charge in [-0.05, 0) is 43.4 Å². The number of rotatable bonds is 17. The molecule has 14 nitrogen and oxygen atoms in total. The summed E-state index contributed by atoms with van der Waals surface area (Å²) in [7, 11) is 0. The standard InChI is InChI=1S/C30H52N6O8/c1-8-18(9-2)25(39)35-24(30(5,6)7)28(42)33-20(16-23(38)36-12-10-11-13-36)27(41)32-19(15-22(31)37)26(40)34-21(29(43)44)14-17(3)4/h17-21,24H,8-16H2,1-7H3,(H2,31,37)(H,32,41)(H,33,42)(H,34,40)(H,35,39)(H,43,44)/t19-,20-,21-,24+/m0/s1. The zero-order chi connectivity index (χ0) is 33.8. The normalized spacial score (nSPS) is 16.1. The molecule has 0 aliphatic carbocycles. The van der Waals surface area contributed by atoms with Crippen LogP contribution in [0.15, 0.2) is 0 Å². The minimum Gasteiger partial charge on any atom is -0.480 e. The van der Waals surface area contributed by atoms with Gasteiger partial charge in [0.1, 0.15) is 24.2 Å². The number of carbonyl (C=O) groups is 7. The van der Waals surface area contributed by atoms with Crippen LogP contribution in [-0.4, -0.2) is 88.7 Å². The first-order valence-corrected chi connectivity index (χ1v) is 15.4. The molecule has 0 unspecified atom stereocenters. The van der Waals surface area contributed by atoms with Crippen molar-refractivity contribution in [2.45, 2.75) is 118 Å². The molecule has 0 bridgehead atoms. The van der Waals surface area contributed by atoms with Crippen LogP contribution in [0, 0.1) is 17.3 Å². The van der Waals surface area contributed by atoms with Crippen LogP contribution in [0.5, 0.6) is 0 Å². The molecule has 1 aliphatic rings. The number of nitrogens with one attached hydrogen (secondary N) is 4. The molecule has 0 aromatic heterocycles. The summed E-state index contributed by atoms with van der Waals surface area (Å²) in [6, 6.07) is -5.39. The molecule has 6 amide bonds. The third kappa shape index (κ3) is 12.5. The molecule has 1 heterocycles. The topological polar surface area (TPSA) is 217 Å². The highest BCUT2D eigenvalue weighted by atomic mass is 16.4. The summed E-state index contributed by atoms with van der Waals surface area (Å²) in [6.45, 7) is 13.5. The highest BCUT2D eigenvalue weighted by Crippen LogP contribution is 2.21. The fourth-order valence-electron chi connectivity index (χ4n) is 4.98. The van der Waals surface area contributed by atoms with Crippen LogP contribution in [-0.2, 0) is 33.6 Å². The molecule has 250 valence electrons. The lowest BCUT2D eigenvalue weighted by atomic mass is 9.85. The van der Waals surface area contributed by atoms with Gasteiger partial charge in [-0.1, -0.05) is 48.5 Å². The molecule has 1 saturated heterocycles. The van der Waals surface area contributed by atoms with Crippen molar-refractivity contribution in [3.63, 3.8) is 0 Å². The van der Waals surface area contributed by atoms with E-state index in [1.807, 2.05) is 13.8 Å². The summed E-state index contributed by atoms with van der Waals surface area (Å²) in [5, 5.41) is 19.6. The molecule has 0 aromatic rings. The maximum atomic E-state index is 13.6. The third-order valence-corrected chi connectivity index (χ3v) is 7.60. The number of hydrogen-bond donors (Lipinski definition) is 6. The van der Waals surface area contributed by atoms with Crippen molar-refractivity contribution >= 4 is 41.4 Å². The molecule has 0 saturated carbocycles. The number of nitrogens with zero attached hydrogens (tertiary/aromatic N) is 1. The molecular weight excluding hydrogens is 572 g/mol. The van der Waals surface area contributed by atoms with Gasteiger partial charge < -0.3 is 37.0 Å². The van der Waals surface area contributed by atoms with Gasteiger partial charge in [-0.25, -0.2) is 4.79 Å². The molecule has 1 fully saturated rings. The van der Waals surface area contributed by atoms with E-state index in [0.717, 1.165) is 12.8 Å². The van der Waals surface area contributed by atoms with Crippen molar-refractivity contribution in [2.75, 3.05) is 13.1 Å². The van der Waals surface area contributed by atoms with E-state index in [1.165, 1.54) is 0 Å². The fourth-order valence-corrected chi connectivity index (χ4v) is 4.98. The Labute approximate surface area is 260 Å². The largest absolute Gasteiger partial charge is 0.480 e. The van der Waals surface area contributed by atoms with Crippen LogP contribution < -0.4 is 27.0 Å². The second kappa shape index (κ2) is 17.6. The maximum absolute atomic E-state index is 13.6. The average Bonchev–Trinajstić information content (AvgIpc) is 3.45. The van der Waals surface area contributed by atoms with E-state index in [9.17, 15) is 38.7 Å². The number of likely N-dealkylation sites (tertiary alicyclic amines) is 1. The smallest absolute Gasteiger partial charge is 0.326 e. The SMILES string of the molecule is CCC(CC)C(=O)N[C@H](C(=O)N[C@@H](CC(=O)N1CCCC1)C(=O)N[C@@H](CC(N)=O)C(=O)N[C@@H](CC(C)C)C(=O)O)C(C)(C)C.